The van der Waals surface area contributed by atoms with Crippen molar-refractivity contribution in [1.29, 1.82) is 0 Å². The molecular weight excluding hydrogens is 258 g/mol. The van der Waals surface area contributed by atoms with Gasteiger partial charge in [-0.2, -0.15) is 0 Å². The molecule has 0 aliphatic heterocycles. The molecule has 1 aromatic carbocycles. The Balaban J connectivity index is 2.78. The second-order valence-electron chi connectivity index (χ2n) is 5.05. The van der Waals surface area contributed by atoms with Crippen molar-refractivity contribution in [2.75, 3.05) is 0 Å². The van der Waals surface area contributed by atoms with Crippen LogP contribution in [0.15, 0.2) is 24.3 Å². The molecule has 0 spiro atoms. The number of hydrogen-bond acceptors (Lipinski definition) is 3. The third-order valence-corrected chi connectivity index (χ3v) is 2.93. The van der Waals surface area contributed by atoms with Gasteiger partial charge in [-0.25, -0.2) is 4.79 Å². The van der Waals surface area contributed by atoms with Crippen molar-refractivity contribution in [2.45, 2.75) is 39.2 Å². The molecule has 1 amide bonds. The maximum atomic E-state index is 11.9. The Morgan fingerprint density at radius 1 is 1.15 bits per heavy atom. The monoisotopic (exact) mass is 277 g/mol. The fourth-order valence-corrected chi connectivity index (χ4v) is 1.75. The van der Waals surface area contributed by atoms with Crippen molar-refractivity contribution in [3.63, 3.8) is 0 Å². The van der Waals surface area contributed by atoms with Gasteiger partial charge in [0.05, 0.1) is 0 Å². The highest BCUT2D eigenvalue weighted by Gasteiger charge is 2.22. The zero-order chi connectivity index (χ0) is 15.3. The van der Waals surface area contributed by atoms with Crippen LogP contribution < -0.4 is 5.32 Å². The Kier molecular flexibility index (Phi) is 5.43. The number of carbonyl (C=O) groups is 3. The molecule has 108 valence electrons. The van der Waals surface area contributed by atoms with Gasteiger partial charge >= 0.3 is 5.97 Å². The van der Waals surface area contributed by atoms with Crippen molar-refractivity contribution in [1.82, 2.24) is 5.32 Å². The topological polar surface area (TPSA) is 83.5 Å². The molecule has 1 atom stereocenters. The van der Waals surface area contributed by atoms with E-state index < -0.39 is 17.9 Å². The molecule has 0 aromatic heterocycles. The molecule has 0 aliphatic carbocycles. The maximum absolute atomic E-state index is 11.9. The van der Waals surface area contributed by atoms with Crippen molar-refractivity contribution < 1.29 is 19.5 Å². The third-order valence-electron chi connectivity index (χ3n) is 2.93. The van der Waals surface area contributed by atoms with Crippen LogP contribution in [-0.2, 0) is 9.59 Å². The lowest BCUT2D eigenvalue weighted by Crippen LogP contribution is -2.41. The van der Waals surface area contributed by atoms with E-state index in [2.05, 4.69) is 5.32 Å². The van der Waals surface area contributed by atoms with E-state index in [4.69, 9.17) is 5.11 Å². The SMILES string of the molecule is CC(=O)CC(NC(=O)c1ccc(C(C)C)cc1)C(=O)O. The van der Waals surface area contributed by atoms with Crippen LogP contribution >= 0.6 is 0 Å². The summed E-state index contributed by atoms with van der Waals surface area (Å²) in [6.07, 6.45) is -0.217. The van der Waals surface area contributed by atoms with Crippen LogP contribution in [0.25, 0.3) is 0 Å². The average Bonchev–Trinajstić information content (AvgIpc) is 2.37. The molecule has 0 fully saturated rings. The summed E-state index contributed by atoms with van der Waals surface area (Å²) < 4.78 is 0. The van der Waals surface area contributed by atoms with Crippen LogP contribution in [-0.4, -0.2) is 28.8 Å². The fourth-order valence-electron chi connectivity index (χ4n) is 1.75. The zero-order valence-corrected chi connectivity index (χ0v) is 11.8. The lowest BCUT2D eigenvalue weighted by Gasteiger charge is -2.13. The minimum atomic E-state index is -1.22. The van der Waals surface area contributed by atoms with E-state index in [1.54, 1.807) is 12.1 Å². The molecule has 0 bridgehead atoms. The largest absolute Gasteiger partial charge is 0.480 e. The summed E-state index contributed by atoms with van der Waals surface area (Å²) in [7, 11) is 0. The van der Waals surface area contributed by atoms with Gasteiger partial charge in [-0.1, -0.05) is 26.0 Å². The smallest absolute Gasteiger partial charge is 0.326 e. The molecule has 0 saturated carbocycles. The Morgan fingerprint density at radius 2 is 1.70 bits per heavy atom. The average molecular weight is 277 g/mol. The first-order valence-electron chi connectivity index (χ1n) is 6.44. The van der Waals surface area contributed by atoms with Gasteiger partial charge in [-0.15, -0.1) is 0 Å². The summed E-state index contributed by atoms with van der Waals surface area (Å²) in [6, 6.07) is 5.78. The Bertz CT molecular complexity index is 505. The summed E-state index contributed by atoms with van der Waals surface area (Å²) in [5.74, 6) is -1.63. The number of rotatable bonds is 6. The molecule has 2 N–H and O–H groups in total. The van der Waals surface area contributed by atoms with Crippen molar-refractivity contribution in [3.8, 4) is 0 Å². The molecule has 0 radical (unpaired) electrons. The molecule has 1 unspecified atom stereocenters. The Morgan fingerprint density at radius 3 is 2.10 bits per heavy atom. The van der Waals surface area contributed by atoms with Crippen molar-refractivity contribution in [3.05, 3.63) is 35.4 Å². The molecule has 0 heterocycles. The van der Waals surface area contributed by atoms with E-state index in [1.165, 1.54) is 6.92 Å². The van der Waals surface area contributed by atoms with E-state index in [1.807, 2.05) is 26.0 Å². The van der Waals surface area contributed by atoms with Crippen LogP contribution in [0.5, 0.6) is 0 Å². The highest BCUT2D eigenvalue weighted by atomic mass is 16.4. The first-order valence-corrected chi connectivity index (χ1v) is 6.44. The number of carboxylic acids is 1. The summed E-state index contributed by atoms with van der Waals surface area (Å²) in [5.41, 5.74) is 1.48. The van der Waals surface area contributed by atoms with Crippen LogP contribution in [0.2, 0.25) is 0 Å². The summed E-state index contributed by atoms with van der Waals surface area (Å²) in [6.45, 7) is 5.38. The lowest BCUT2D eigenvalue weighted by atomic mass is 10.0. The number of ketones is 1. The van der Waals surface area contributed by atoms with Crippen LogP contribution in [0.3, 0.4) is 0 Å². The van der Waals surface area contributed by atoms with Gasteiger partial charge in [-0.3, -0.25) is 9.59 Å². The van der Waals surface area contributed by atoms with Gasteiger partial charge in [0.25, 0.3) is 5.91 Å². The molecular formula is C15H19NO4. The maximum Gasteiger partial charge on any atom is 0.326 e. The molecule has 0 saturated heterocycles. The molecule has 0 aliphatic rings. The van der Waals surface area contributed by atoms with Gasteiger partial charge in [0.15, 0.2) is 0 Å². The van der Waals surface area contributed by atoms with Crippen molar-refractivity contribution in [2.24, 2.45) is 0 Å². The highest BCUT2D eigenvalue weighted by molar-refractivity contribution is 5.97. The minimum absolute atomic E-state index is 0.217. The number of benzene rings is 1. The number of aliphatic carboxylic acids is 1. The quantitative estimate of drug-likeness (QED) is 0.832. The highest BCUT2D eigenvalue weighted by Crippen LogP contribution is 2.14. The number of hydrogen-bond donors (Lipinski definition) is 2. The first-order chi connectivity index (χ1) is 9.31. The van der Waals surface area contributed by atoms with E-state index >= 15 is 0 Å². The van der Waals surface area contributed by atoms with E-state index in [-0.39, 0.29) is 12.2 Å². The van der Waals surface area contributed by atoms with E-state index in [9.17, 15) is 14.4 Å². The molecule has 20 heavy (non-hydrogen) atoms. The summed E-state index contributed by atoms with van der Waals surface area (Å²) >= 11 is 0. The third kappa shape index (κ3) is 4.50. The molecule has 5 nitrogen and oxygen atoms in total. The summed E-state index contributed by atoms with van der Waals surface area (Å²) in [5, 5.41) is 11.3. The van der Waals surface area contributed by atoms with Gasteiger partial charge in [0.1, 0.15) is 11.8 Å². The standard InChI is InChI=1S/C15H19NO4/c1-9(2)11-4-6-12(7-5-11)14(18)16-13(15(19)20)8-10(3)17/h4-7,9,13H,8H2,1-3H3,(H,16,18)(H,19,20). The van der Waals surface area contributed by atoms with Gasteiger partial charge < -0.3 is 10.4 Å². The number of amides is 1. The molecule has 1 rings (SSSR count). The summed E-state index contributed by atoms with van der Waals surface area (Å²) in [4.78, 5) is 33.9. The predicted octanol–water partition coefficient (Wildman–Crippen LogP) is 1.97. The normalized spacial score (nSPS) is 12.0. The van der Waals surface area contributed by atoms with E-state index in [0.717, 1.165) is 5.56 Å². The van der Waals surface area contributed by atoms with Gasteiger partial charge in [0, 0.05) is 12.0 Å². The van der Waals surface area contributed by atoms with Crippen LogP contribution in [0, 0.1) is 0 Å². The fraction of sp³-hybridized carbons (Fsp3) is 0.400. The predicted molar refractivity (Wildman–Crippen MR) is 74.7 cm³/mol. The van der Waals surface area contributed by atoms with Gasteiger partial charge in [-0.05, 0) is 30.5 Å². The zero-order valence-electron chi connectivity index (χ0n) is 11.8. The number of nitrogens with one attached hydrogen (secondary N) is 1. The number of carboxylic acid groups (broad SMARTS) is 1. The first kappa shape index (κ1) is 15.9. The second kappa shape index (κ2) is 6.84. The molecule has 5 heteroatoms. The van der Waals surface area contributed by atoms with Gasteiger partial charge in [0.2, 0.25) is 0 Å². The van der Waals surface area contributed by atoms with E-state index in [0.29, 0.717) is 11.5 Å². The molecule has 1 aromatic rings. The van der Waals surface area contributed by atoms with Crippen LogP contribution in [0.1, 0.15) is 49.0 Å². The lowest BCUT2D eigenvalue weighted by molar-refractivity contribution is -0.140. The van der Waals surface area contributed by atoms with Crippen LogP contribution in [0.4, 0.5) is 0 Å². The second-order valence-corrected chi connectivity index (χ2v) is 5.05. The van der Waals surface area contributed by atoms with Crippen molar-refractivity contribution >= 4 is 17.7 Å². The Labute approximate surface area is 118 Å². The number of carbonyl (C=O) groups excluding carboxylic acids is 2. The Hall–Kier alpha value is -2.17. The number of Topliss-reactive ketones (excluding diaryl/α,β-unsaturated/α-hetero) is 1. The minimum Gasteiger partial charge on any atom is -0.480 e.